The van der Waals surface area contributed by atoms with Crippen LogP contribution in [0.25, 0.3) is 0 Å². The third-order valence-electron chi connectivity index (χ3n) is 3.66. The van der Waals surface area contributed by atoms with E-state index in [-0.39, 0.29) is 0 Å². The topological polar surface area (TPSA) is 53.3 Å². The van der Waals surface area contributed by atoms with Crippen molar-refractivity contribution in [2.24, 2.45) is 5.73 Å². The Balaban J connectivity index is 1.55. The lowest BCUT2D eigenvalue weighted by atomic mass is 10.1. The molecule has 0 bridgehead atoms. The van der Waals surface area contributed by atoms with E-state index >= 15 is 0 Å². The zero-order chi connectivity index (χ0) is 11.7. The molecule has 0 aromatic heterocycles. The van der Waals surface area contributed by atoms with Gasteiger partial charge < -0.3 is 16.4 Å². The molecule has 0 radical (unpaired) electrons. The summed E-state index contributed by atoms with van der Waals surface area (Å²) in [6, 6.07) is 8.78. The van der Waals surface area contributed by atoms with E-state index in [1.165, 1.54) is 11.4 Å². The molecule has 1 aromatic carbocycles. The van der Waals surface area contributed by atoms with E-state index in [4.69, 9.17) is 5.73 Å². The van der Waals surface area contributed by atoms with E-state index in [1.54, 1.807) is 0 Å². The number of hydrogen-bond acceptors (Lipinski definition) is 4. The lowest BCUT2D eigenvalue weighted by Crippen LogP contribution is -2.45. The van der Waals surface area contributed by atoms with Crippen LogP contribution < -0.4 is 16.4 Å². The lowest BCUT2D eigenvalue weighted by Gasteiger charge is -2.32. The van der Waals surface area contributed by atoms with Gasteiger partial charge in [0.15, 0.2) is 0 Å². The van der Waals surface area contributed by atoms with Gasteiger partial charge in [-0.3, -0.25) is 4.90 Å². The second-order valence-electron chi connectivity index (χ2n) is 5.02. The van der Waals surface area contributed by atoms with Crippen LogP contribution >= 0.6 is 0 Å². The molecule has 92 valence electrons. The van der Waals surface area contributed by atoms with E-state index in [9.17, 15) is 0 Å². The summed E-state index contributed by atoms with van der Waals surface area (Å²) in [5, 5.41) is 7.02. The fourth-order valence-electron chi connectivity index (χ4n) is 2.63. The van der Waals surface area contributed by atoms with Crippen LogP contribution in [0.1, 0.15) is 12.8 Å². The van der Waals surface area contributed by atoms with Crippen molar-refractivity contribution in [1.29, 1.82) is 0 Å². The van der Waals surface area contributed by atoms with E-state index in [0.29, 0.717) is 12.2 Å². The normalized spacial score (nSPS) is 21.9. The maximum atomic E-state index is 5.92. The van der Waals surface area contributed by atoms with E-state index < -0.39 is 0 Å². The number of para-hydroxylation sites is 2. The molecule has 4 N–H and O–H groups in total. The first kappa shape index (κ1) is 10.9. The summed E-state index contributed by atoms with van der Waals surface area (Å²) >= 11 is 0. The third-order valence-corrected chi connectivity index (χ3v) is 3.66. The monoisotopic (exact) mass is 232 g/mol. The number of benzene rings is 1. The van der Waals surface area contributed by atoms with E-state index in [0.717, 1.165) is 32.5 Å². The molecule has 0 spiro atoms. The summed E-state index contributed by atoms with van der Waals surface area (Å²) < 4.78 is 0. The fraction of sp³-hybridized carbons (Fsp3) is 0.538. The Hall–Kier alpha value is -1.26. The number of fused-ring (bicyclic) bond motifs is 1. The van der Waals surface area contributed by atoms with Gasteiger partial charge in [0.05, 0.1) is 11.4 Å². The maximum absolute atomic E-state index is 5.92. The first-order valence-corrected chi connectivity index (χ1v) is 6.41. The minimum absolute atomic E-state index is 0.335. The van der Waals surface area contributed by atoms with Crippen LogP contribution in [0.3, 0.4) is 0 Å². The highest BCUT2D eigenvalue weighted by molar-refractivity contribution is 5.74. The van der Waals surface area contributed by atoms with Gasteiger partial charge in [0.25, 0.3) is 0 Å². The molecule has 17 heavy (non-hydrogen) atoms. The third kappa shape index (κ3) is 2.37. The molecule has 4 heteroatoms. The van der Waals surface area contributed by atoms with Gasteiger partial charge in [0, 0.05) is 12.6 Å². The fourth-order valence-corrected chi connectivity index (χ4v) is 2.63. The Morgan fingerprint density at radius 3 is 2.29 bits per heavy atom. The average Bonchev–Trinajstić information content (AvgIpc) is 2.74. The molecule has 1 saturated heterocycles. The van der Waals surface area contributed by atoms with Gasteiger partial charge in [-0.05, 0) is 38.1 Å². The van der Waals surface area contributed by atoms with Crippen molar-refractivity contribution < 1.29 is 0 Å². The number of rotatable bonds is 2. The summed E-state index contributed by atoms with van der Waals surface area (Å²) in [5.41, 5.74) is 8.34. The number of hydrogen-bond donors (Lipinski definition) is 3. The zero-order valence-electron chi connectivity index (χ0n) is 10.0. The second-order valence-corrected chi connectivity index (χ2v) is 5.02. The van der Waals surface area contributed by atoms with E-state index in [1.807, 2.05) is 0 Å². The van der Waals surface area contributed by atoms with Gasteiger partial charge in [0.1, 0.15) is 6.17 Å². The van der Waals surface area contributed by atoms with Gasteiger partial charge in [-0.25, -0.2) is 0 Å². The number of nitrogens with two attached hydrogens (primary N) is 1. The van der Waals surface area contributed by atoms with Crippen LogP contribution in [0.2, 0.25) is 0 Å². The molecule has 4 nitrogen and oxygen atoms in total. The number of likely N-dealkylation sites (tertiary alicyclic amines) is 1. The Labute approximate surface area is 102 Å². The molecular formula is C13H20N4. The molecule has 1 fully saturated rings. The van der Waals surface area contributed by atoms with Crippen molar-refractivity contribution in [1.82, 2.24) is 4.90 Å². The van der Waals surface area contributed by atoms with Gasteiger partial charge in [-0.1, -0.05) is 12.1 Å². The molecule has 0 aliphatic carbocycles. The van der Waals surface area contributed by atoms with Crippen LogP contribution in [0.5, 0.6) is 0 Å². The Morgan fingerprint density at radius 2 is 1.71 bits per heavy atom. The highest BCUT2D eigenvalue weighted by Crippen LogP contribution is 2.28. The smallest absolute Gasteiger partial charge is 0.110 e. The molecule has 0 unspecified atom stereocenters. The second kappa shape index (κ2) is 4.55. The zero-order valence-corrected chi connectivity index (χ0v) is 10.0. The van der Waals surface area contributed by atoms with Crippen molar-refractivity contribution in [3.63, 3.8) is 0 Å². The summed E-state index contributed by atoms with van der Waals surface area (Å²) in [7, 11) is 0. The van der Waals surface area contributed by atoms with Crippen molar-refractivity contribution in [2.75, 3.05) is 30.3 Å². The van der Waals surface area contributed by atoms with Crippen molar-refractivity contribution >= 4 is 11.4 Å². The van der Waals surface area contributed by atoms with Gasteiger partial charge in [-0.15, -0.1) is 0 Å². The summed E-state index contributed by atoms with van der Waals surface area (Å²) in [6.07, 6.45) is 2.58. The molecule has 3 rings (SSSR count). The molecule has 0 amide bonds. The SMILES string of the molecule is NC1CCN(CC2Nc3ccccc3N2)CC1. The highest BCUT2D eigenvalue weighted by Gasteiger charge is 2.23. The maximum Gasteiger partial charge on any atom is 0.110 e. The minimum Gasteiger partial charge on any atom is -0.363 e. The summed E-state index contributed by atoms with van der Waals surface area (Å²) in [6.45, 7) is 3.29. The number of anilines is 2. The Morgan fingerprint density at radius 1 is 1.12 bits per heavy atom. The largest absolute Gasteiger partial charge is 0.363 e. The predicted octanol–water partition coefficient (Wildman–Crippen LogP) is 1.27. The number of piperidine rings is 1. The molecule has 2 aliphatic heterocycles. The van der Waals surface area contributed by atoms with Gasteiger partial charge in [0.2, 0.25) is 0 Å². The number of nitrogens with zero attached hydrogens (tertiary/aromatic N) is 1. The standard InChI is InChI=1S/C13H20N4/c14-10-5-7-17(8-6-10)9-13-15-11-3-1-2-4-12(11)16-13/h1-4,10,13,15-16H,5-9,14H2. The number of nitrogens with one attached hydrogen (secondary N) is 2. The van der Waals surface area contributed by atoms with Gasteiger partial charge >= 0.3 is 0 Å². The molecule has 2 heterocycles. The Kier molecular flexibility index (Phi) is 2.91. The molecular weight excluding hydrogens is 212 g/mol. The minimum atomic E-state index is 0.335. The van der Waals surface area contributed by atoms with Crippen molar-refractivity contribution in [3.8, 4) is 0 Å². The molecule has 1 aromatic rings. The average molecular weight is 232 g/mol. The highest BCUT2D eigenvalue weighted by atomic mass is 15.3. The van der Waals surface area contributed by atoms with Gasteiger partial charge in [-0.2, -0.15) is 0 Å². The summed E-state index contributed by atoms with van der Waals surface area (Å²) in [4.78, 5) is 2.49. The molecule has 0 saturated carbocycles. The molecule has 2 aliphatic rings. The first-order chi connectivity index (χ1) is 8.31. The lowest BCUT2D eigenvalue weighted by molar-refractivity contribution is 0.210. The van der Waals surface area contributed by atoms with E-state index in [2.05, 4.69) is 39.8 Å². The summed E-state index contributed by atoms with van der Waals surface area (Å²) in [5.74, 6) is 0. The Bertz CT molecular complexity index is 360. The van der Waals surface area contributed by atoms with Crippen LogP contribution in [0.15, 0.2) is 24.3 Å². The van der Waals surface area contributed by atoms with Crippen molar-refractivity contribution in [2.45, 2.75) is 25.0 Å². The van der Waals surface area contributed by atoms with Crippen LogP contribution in [-0.2, 0) is 0 Å². The first-order valence-electron chi connectivity index (χ1n) is 6.41. The van der Waals surface area contributed by atoms with Crippen LogP contribution in [0.4, 0.5) is 11.4 Å². The van der Waals surface area contributed by atoms with Crippen molar-refractivity contribution in [3.05, 3.63) is 24.3 Å². The molecule has 0 atom stereocenters. The predicted molar refractivity (Wildman–Crippen MR) is 71.1 cm³/mol. The van der Waals surface area contributed by atoms with Crippen LogP contribution in [0, 0.1) is 0 Å². The van der Waals surface area contributed by atoms with Crippen LogP contribution in [-0.4, -0.2) is 36.7 Å². The quantitative estimate of drug-likeness (QED) is 0.719.